The van der Waals surface area contributed by atoms with Gasteiger partial charge in [-0.2, -0.15) is 19.6 Å². The van der Waals surface area contributed by atoms with Gasteiger partial charge < -0.3 is 15.4 Å². The second kappa shape index (κ2) is 13.2. The molecule has 0 spiro atoms. The molecule has 5 rings (SSSR count). The summed E-state index contributed by atoms with van der Waals surface area (Å²) in [4.78, 5) is 24.6. The Balaban J connectivity index is 1.25. The van der Waals surface area contributed by atoms with Crippen LogP contribution in [0.15, 0.2) is 42.6 Å². The van der Waals surface area contributed by atoms with Crippen LogP contribution < -0.4 is 10.6 Å². The number of ketones is 1. The third-order valence-corrected chi connectivity index (χ3v) is 7.51. The first-order valence-electron chi connectivity index (χ1n) is 14.4. The smallest absolute Gasteiger partial charge is 0.229 e. The van der Waals surface area contributed by atoms with Crippen molar-refractivity contribution in [2.24, 2.45) is 0 Å². The molecular formula is C30H41N7O2. The number of nitrogens with one attached hydrogen (secondary N) is 2. The first-order chi connectivity index (χ1) is 19.0. The van der Waals surface area contributed by atoms with Gasteiger partial charge in [0.15, 0.2) is 11.4 Å². The number of hydrogen-bond donors (Lipinski definition) is 2. The molecule has 0 aliphatic carbocycles. The monoisotopic (exact) mass is 531 g/mol. The topological polar surface area (TPSA) is 96.7 Å². The molecule has 0 bridgehead atoms. The predicted molar refractivity (Wildman–Crippen MR) is 154 cm³/mol. The summed E-state index contributed by atoms with van der Waals surface area (Å²) in [5.41, 5.74) is 3.99. The second-order valence-corrected chi connectivity index (χ2v) is 11.0. The number of nitrogens with zero attached hydrogens (tertiary/aromatic N) is 5. The number of carbonyl (C=O) groups excluding carboxylic acids is 1. The van der Waals surface area contributed by atoms with Gasteiger partial charge in [0.1, 0.15) is 0 Å². The van der Waals surface area contributed by atoms with Crippen molar-refractivity contribution >= 4 is 23.3 Å². The minimum absolute atomic E-state index is 0.135. The van der Waals surface area contributed by atoms with Crippen LogP contribution in [-0.4, -0.2) is 69.2 Å². The van der Waals surface area contributed by atoms with Crippen LogP contribution in [0.1, 0.15) is 68.6 Å². The van der Waals surface area contributed by atoms with Gasteiger partial charge in [-0.1, -0.05) is 50.6 Å². The van der Waals surface area contributed by atoms with Crippen LogP contribution >= 0.6 is 0 Å². The van der Waals surface area contributed by atoms with Crippen LogP contribution in [0.2, 0.25) is 0 Å². The van der Waals surface area contributed by atoms with Crippen molar-refractivity contribution in [3.05, 3.63) is 59.3 Å². The van der Waals surface area contributed by atoms with E-state index in [1.54, 1.807) is 10.6 Å². The molecule has 2 aliphatic heterocycles. The quantitative estimate of drug-likeness (QED) is 0.347. The molecule has 0 radical (unpaired) electrons. The van der Waals surface area contributed by atoms with E-state index in [9.17, 15) is 4.79 Å². The highest BCUT2D eigenvalue weighted by molar-refractivity contribution is 5.91. The molecule has 3 aromatic rings. The molecule has 9 nitrogen and oxygen atoms in total. The van der Waals surface area contributed by atoms with Gasteiger partial charge in [-0.05, 0) is 61.9 Å². The average Bonchev–Trinajstić information content (AvgIpc) is 3.38. The van der Waals surface area contributed by atoms with Gasteiger partial charge in [-0.3, -0.25) is 9.69 Å². The third-order valence-electron chi connectivity index (χ3n) is 7.51. The maximum Gasteiger partial charge on any atom is 0.229 e. The molecule has 2 saturated heterocycles. The molecule has 39 heavy (non-hydrogen) atoms. The van der Waals surface area contributed by atoms with E-state index in [1.165, 1.54) is 19.3 Å². The number of ether oxygens (including phenoxy) is 1. The molecule has 2 aromatic heterocycles. The molecule has 208 valence electrons. The third kappa shape index (κ3) is 7.42. The Hall–Kier alpha value is -3.30. The first-order valence-corrected chi connectivity index (χ1v) is 14.4. The van der Waals surface area contributed by atoms with Crippen molar-refractivity contribution in [1.29, 1.82) is 0 Å². The Bertz CT molecular complexity index is 1270. The lowest BCUT2D eigenvalue weighted by molar-refractivity contribution is -0.114. The standard InChI is InChI=1S/C30H41N7O2/c1-22(2)27-21-32-37-28(27)34-29(33-25-11-16-39-17-12-25)35-30(37)31-20-24-9-6-8-23(18-24)19-26(38)10-7-15-36-13-4-3-5-14-36/h6-10,18,21-22,25H,3-5,11-17,19-20H2,1-2H3,(H2,31,33,34,35)/b10-7+. The summed E-state index contributed by atoms with van der Waals surface area (Å²) in [7, 11) is 0. The fourth-order valence-corrected chi connectivity index (χ4v) is 5.27. The summed E-state index contributed by atoms with van der Waals surface area (Å²) >= 11 is 0. The first kappa shape index (κ1) is 27.3. The number of benzene rings is 1. The molecular weight excluding hydrogens is 490 g/mol. The highest BCUT2D eigenvalue weighted by Crippen LogP contribution is 2.23. The lowest BCUT2D eigenvalue weighted by Crippen LogP contribution is -2.29. The van der Waals surface area contributed by atoms with Crippen molar-refractivity contribution in [3.8, 4) is 0 Å². The van der Waals surface area contributed by atoms with Crippen LogP contribution in [0.3, 0.4) is 0 Å². The van der Waals surface area contributed by atoms with Crippen molar-refractivity contribution in [3.63, 3.8) is 0 Å². The Morgan fingerprint density at radius 1 is 1.13 bits per heavy atom. The normalized spacial score (nSPS) is 17.3. The van der Waals surface area contributed by atoms with E-state index >= 15 is 0 Å². The van der Waals surface area contributed by atoms with E-state index in [1.807, 2.05) is 24.4 Å². The summed E-state index contributed by atoms with van der Waals surface area (Å²) in [5, 5.41) is 11.6. The summed E-state index contributed by atoms with van der Waals surface area (Å²) in [5.74, 6) is 1.68. The number of carbonyl (C=O) groups is 1. The maximum absolute atomic E-state index is 12.6. The second-order valence-electron chi connectivity index (χ2n) is 11.0. The van der Waals surface area contributed by atoms with Gasteiger partial charge in [-0.25, -0.2) is 0 Å². The summed E-state index contributed by atoms with van der Waals surface area (Å²) in [6.07, 6.45) is 11.8. The van der Waals surface area contributed by atoms with Crippen LogP contribution in [0, 0.1) is 0 Å². The largest absolute Gasteiger partial charge is 0.381 e. The van der Waals surface area contributed by atoms with Gasteiger partial charge in [0.25, 0.3) is 0 Å². The van der Waals surface area contributed by atoms with Gasteiger partial charge >= 0.3 is 0 Å². The molecule has 2 aliphatic rings. The molecule has 0 atom stereocenters. The van der Waals surface area contributed by atoms with Gasteiger partial charge in [-0.15, -0.1) is 0 Å². The minimum atomic E-state index is 0.135. The van der Waals surface area contributed by atoms with Crippen LogP contribution in [0.5, 0.6) is 0 Å². The average molecular weight is 532 g/mol. The van der Waals surface area contributed by atoms with Crippen molar-refractivity contribution in [2.75, 3.05) is 43.5 Å². The number of likely N-dealkylation sites (tertiary alicyclic amines) is 1. The van der Waals surface area contributed by atoms with Crippen LogP contribution in [0.25, 0.3) is 5.65 Å². The maximum atomic E-state index is 12.6. The zero-order valence-corrected chi connectivity index (χ0v) is 23.2. The lowest BCUT2D eigenvalue weighted by Gasteiger charge is -2.24. The number of piperidine rings is 1. The molecule has 0 saturated carbocycles. The highest BCUT2D eigenvalue weighted by Gasteiger charge is 2.19. The van der Waals surface area contributed by atoms with Gasteiger partial charge in [0, 0.05) is 44.3 Å². The van der Waals surface area contributed by atoms with Crippen molar-refractivity contribution in [2.45, 2.75) is 70.9 Å². The van der Waals surface area contributed by atoms with E-state index in [0.29, 0.717) is 36.8 Å². The number of aromatic nitrogens is 4. The molecule has 9 heteroatoms. The van der Waals surface area contributed by atoms with E-state index in [0.717, 1.165) is 68.0 Å². The van der Waals surface area contributed by atoms with Gasteiger partial charge in [0.05, 0.1) is 6.20 Å². The zero-order valence-electron chi connectivity index (χ0n) is 23.2. The van der Waals surface area contributed by atoms with Crippen LogP contribution in [0.4, 0.5) is 11.9 Å². The summed E-state index contributed by atoms with van der Waals surface area (Å²) in [6.45, 7) is 9.49. The lowest BCUT2D eigenvalue weighted by atomic mass is 10.1. The van der Waals surface area contributed by atoms with Crippen molar-refractivity contribution < 1.29 is 9.53 Å². The molecule has 4 heterocycles. The van der Waals surface area contributed by atoms with Gasteiger partial charge in [0.2, 0.25) is 11.9 Å². The summed E-state index contributed by atoms with van der Waals surface area (Å²) in [6, 6.07) is 8.47. The van der Waals surface area contributed by atoms with E-state index in [4.69, 9.17) is 14.7 Å². The van der Waals surface area contributed by atoms with E-state index in [-0.39, 0.29) is 5.78 Å². The fourth-order valence-electron chi connectivity index (χ4n) is 5.27. The molecule has 2 N–H and O–H groups in total. The fraction of sp³-hybridized carbons (Fsp3) is 0.533. The number of fused-ring (bicyclic) bond motifs is 1. The number of anilines is 2. The molecule has 1 aromatic carbocycles. The predicted octanol–water partition coefficient (Wildman–Crippen LogP) is 4.60. The Labute approximate surface area is 231 Å². The van der Waals surface area contributed by atoms with Crippen LogP contribution in [-0.2, 0) is 22.5 Å². The molecule has 0 unspecified atom stereocenters. The number of allylic oxidation sites excluding steroid dienone is 1. The van der Waals surface area contributed by atoms with E-state index in [2.05, 4.69) is 46.6 Å². The number of hydrogen-bond acceptors (Lipinski definition) is 8. The minimum Gasteiger partial charge on any atom is -0.381 e. The SMILES string of the molecule is CC(C)c1cnn2c(NCc3cccc(CC(=O)/C=C/CN4CCCCC4)c3)nc(NC3CCOCC3)nc12. The Morgan fingerprint density at radius 3 is 2.72 bits per heavy atom. The number of rotatable bonds is 11. The highest BCUT2D eigenvalue weighted by atomic mass is 16.5. The van der Waals surface area contributed by atoms with Crippen molar-refractivity contribution in [1.82, 2.24) is 24.5 Å². The van der Waals surface area contributed by atoms with E-state index < -0.39 is 0 Å². The molecule has 0 amide bonds. The Kier molecular flexibility index (Phi) is 9.21. The Morgan fingerprint density at radius 2 is 1.92 bits per heavy atom. The zero-order chi connectivity index (χ0) is 27.0. The summed E-state index contributed by atoms with van der Waals surface area (Å²) < 4.78 is 7.28. The molecule has 2 fully saturated rings.